The van der Waals surface area contributed by atoms with Crippen LogP contribution in [0.4, 0.5) is 0 Å². The van der Waals surface area contributed by atoms with Gasteiger partial charge in [-0.2, -0.15) is 0 Å². The van der Waals surface area contributed by atoms with E-state index in [1.165, 1.54) is 12.8 Å². The van der Waals surface area contributed by atoms with E-state index in [4.69, 9.17) is 10.5 Å². The number of rotatable bonds is 5. The summed E-state index contributed by atoms with van der Waals surface area (Å²) >= 11 is 0. The summed E-state index contributed by atoms with van der Waals surface area (Å²) in [5.74, 6) is 0.765. The highest BCUT2D eigenvalue weighted by Crippen LogP contribution is 2.33. The summed E-state index contributed by atoms with van der Waals surface area (Å²) in [6.45, 7) is 0.133. The zero-order valence-corrected chi connectivity index (χ0v) is 5.95. The number of carbonyl (C=O) groups excluding carboxylic acids is 1. The minimum Gasteiger partial charge on any atom is -0.356 e. The molecule has 0 aromatic carbocycles. The number of nitrogens with two attached hydrogens (primary N) is 1. The Bertz CT molecular complexity index is 112. The van der Waals surface area contributed by atoms with E-state index in [0.29, 0.717) is 0 Å². The van der Waals surface area contributed by atoms with Crippen LogP contribution in [0.15, 0.2) is 0 Å². The molecule has 58 valence electrons. The second-order valence-corrected chi connectivity index (χ2v) is 2.72. The number of hydrogen-bond donors (Lipinski definition) is 1. The lowest BCUT2D eigenvalue weighted by molar-refractivity contribution is -0.113. The van der Waals surface area contributed by atoms with Crippen molar-refractivity contribution in [3.05, 3.63) is 0 Å². The van der Waals surface area contributed by atoms with Gasteiger partial charge in [-0.25, -0.2) is 0 Å². The van der Waals surface area contributed by atoms with Crippen LogP contribution in [0.2, 0.25) is 0 Å². The third-order valence-corrected chi connectivity index (χ3v) is 1.64. The summed E-state index contributed by atoms with van der Waals surface area (Å²) in [5, 5.41) is 0. The zero-order chi connectivity index (χ0) is 7.40. The molecule has 3 nitrogen and oxygen atoms in total. The summed E-state index contributed by atoms with van der Waals surface area (Å²) in [6, 6.07) is 0. The fourth-order valence-corrected chi connectivity index (χ4v) is 0.913. The second-order valence-electron chi connectivity index (χ2n) is 2.72. The molecule has 0 aliphatic heterocycles. The molecule has 10 heavy (non-hydrogen) atoms. The van der Waals surface area contributed by atoms with E-state index in [1.54, 1.807) is 0 Å². The fourth-order valence-electron chi connectivity index (χ4n) is 0.913. The molecular formula is C7H13NO2. The molecule has 0 heterocycles. The quantitative estimate of drug-likeness (QED) is 0.444. The second kappa shape index (κ2) is 3.68. The van der Waals surface area contributed by atoms with Gasteiger partial charge in [0.25, 0.3) is 0 Å². The van der Waals surface area contributed by atoms with E-state index in [-0.39, 0.29) is 12.8 Å². The molecule has 1 atom stereocenters. The van der Waals surface area contributed by atoms with E-state index in [1.807, 2.05) is 0 Å². The van der Waals surface area contributed by atoms with Crippen LogP contribution in [0.5, 0.6) is 0 Å². The first-order chi connectivity index (χ1) is 4.83. The predicted octanol–water partition coefficient (Wildman–Crippen LogP) is 0.287. The van der Waals surface area contributed by atoms with Gasteiger partial charge >= 0.3 is 0 Å². The van der Waals surface area contributed by atoms with Gasteiger partial charge in [0.2, 0.25) is 0 Å². The Balaban J connectivity index is 1.96. The third kappa shape index (κ3) is 2.94. The molecule has 1 aliphatic carbocycles. The smallest absolute Gasteiger partial charge is 0.145 e. The van der Waals surface area contributed by atoms with Crippen LogP contribution in [0.1, 0.15) is 19.3 Å². The van der Waals surface area contributed by atoms with E-state index >= 15 is 0 Å². The van der Waals surface area contributed by atoms with Gasteiger partial charge in [0, 0.05) is 0 Å². The molecule has 3 heteroatoms. The maximum Gasteiger partial charge on any atom is 0.145 e. The Labute approximate surface area is 60.5 Å². The Morgan fingerprint density at radius 2 is 2.40 bits per heavy atom. The lowest BCUT2D eigenvalue weighted by Gasteiger charge is -2.08. The van der Waals surface area contributed by atoms with Crippen LogP contribution >= 0.6 is 0 Å². The Hall–Kier alpha value is -0.410. The van der Waals surface area contributed by atoms with Crippen LogP contribution < -0.4 is 5.73 Å². The van der Waals surface area contributed by atoms with Crippen LogP contribution in [0, 0.1) is 5.92 Å². The third-order valence-electron chi connectivity index (χ3n) is 1.64. The SMILES string of the molecule is NC(CC1CC1)OCC=O. The Morgan fingerprint density at radius 3 is 2.90 bits per heavy atom. The summed E-state index contributed by atoms with van der Waals surface area (Å²) in [5.41, 5.74) is 5.52. The highest BCUT2D eigenvalue weighted by atomic mass is 16.5. The van der Waals surface area contributed by atoms with Crippen LogP contribution in [-0.2, 0) is 9.53 Å². The number of carbonyl (C=O) groups is 1. The molecule has 1 aliphatic rings. The maximum atomic E-state index is 9.83. The minimum atomic E-state index is -0.224. The summed E-state index contributed by atoms with van der Waals surface area (Å²) in [7, 11) is 0. The van der Waals surface area contributed by atoms with Gasteiger partial charge in [-0.05, 0) is 12.3 Å². The van der Waals surface area contributed by atoms with Crippen molar-refractivity contribution >= 4 is 6.29 Å². The summed E-state index contributed by atoms with van der Waals surface area (Å²) in [4.78, 5) is 9.83. The van der Waals surface area contributed by atoms with Crippen molar-refractivity contribution in [1.82, 2.24) is 0 Å². The van der Waals surface area contributed by atoms with Gasteiger partial charge in [0.15, 0.2) is 0 Å². The number of hydrogen-bond acceptors (Lipinski definition) is 3. The van der Waals surface area contributed by atoms with Crippen molar-refractivity contribution < 1.29 is 9.53 Å². The molecule has 0 spiro atoms. The van der Waals surface area contributed by atoms with Crippen molar-refractivity contribution in [1.29, 1.82) is 0 Å². The number of aldehydes is 1. The van der Waals surface area contributed by atoms with E-state index in [9.17, 15) is 4.79 Å². The lowest BCUT2D eigenvalue weighted by atomic mass is 10.3. The van der Waals surface area contributed by atoms with Crippen molar-refractivity contribution in [2.24, 2.45) is 11.7 Å². The molecule has 0 aromatic heterocycles. The highest BCUT2D eigenvalue weighted by molar-refractivity contribution is 5.50. The Morgan fingerprint density at radius 1 is 1.70 bits per heavy atom. The van der Waals surface area contributed by atoms with Crippen molar-refractivity contribution in [3.63, 3.8) is 0 Å². The van der Waals surface area contributed by atoms with Gasteiger partial charge < -0.3 is 15.3 Å². The minimum absolute atomic E-state index is 0.133. The molecule has 1 fully saturated rings. The zero-order valence-electron chi connectivity index (χ0n) is 5.95. The van der Waals surface area contributed by atoms with Gasteiger partial charge in [-0.1, -0.05) is 12.8 Å². The van der Waals surface area contributed by atoms with Gasteiger partial charge in [-0.3, -0.25) is 0 Å². The van der Waals surface area contributed by atoms with Crippen LogP contribution in [0.3, 0.4) is 0 Å². The molecule has 0 bridgehead atoms. The highest BCUT2D eigenvalue weighted by Gasteiger charge is 2.23. The summed E-state index contributed by atoms with van der Waals surface area (Å²) in [6.07, 6.45) is 3.97. The molecule has 1 saturated carbocycles. The normalized spacial score (nSPS) is 20.5. The van der Waals surface area contributed by atoms with E-state index in [0.717, 1.165) is 18.6 Å². The molecule has 0 saturated heterocycles. The van der Waals surface area contributed by atoms with Crippen LogP contribution in [-0.4, -0.2) is 19.1 Å². The maximum absolute atomic E-state index is 9.83. The average Bonchev–Trinajstić information content (AvgIpc) is 2.67. The molecule has 0 radical (unpaired) electrons. The molecule has 2 N–H and O–H groups in total. The first-order valence-electron chi connectivity index (χ1n) is 3.63. The number of ether oxygens (including phenoxy) is 1. The van der Waals surface area contributed by atoms with Crippen molar-refractivity contribution in [3.8, 4) is 0 Å². The largest absolute Gasteiger partial charge is 0.356 e. The molecule has 1 unspecified atom stereocenters. The fraction of sp³-hybridized carbons (Fsp3) is 0.857. The first kappa shape index (κ1) is 7.69. The lowest BCUT2D eigenvalue weighted by Crippen LogP contribution is -2.25. The monoisotopic (exact) mass is 143 g/mol. The van der Waals surface area contributed by atoms with E-state index in [2.05, 4.69) is 0 Å². The molecular weight excluding hydrogens is 130 g/mol. The topological polar surface area (TPSA) is 52.3 Å². The molecule has 0 aromatic rings. The van der Waals surface area contributed by atoms with Gasteiger partial charge in [-0.15, -0.1) is 0 Å². The average molecular weight is 143 g/mol. The van der Waals surface area contributed by atoms with E-state index < -0.39 is 0 Å². The Kier molecular flexibility index (Phi) is 2.83. The molecule has 0 amide bonds. The van der Waals surface area contributed by atoms with Crippen LogP contribution in [0.25, 0.3) is 0 Å². The van der Waals surface area contributed by atoms with Gasteiger partial charge in [0.05, 0.1) is 0 Å². The van der Waals surface area contributed by atoms with Gasteiger partial charge in [0.1, 0.15) is 19.1 Å². The molecule has 1 rings (SSSR count). The first-order valence-corrected chi connectivity index (χ1v) is 3.63. The van der Waals surface area contributed by atoms with Crippen molar-refractivity contribution in [2.45, 2.75) is 25.5 Å². The van der Waals surface area contributed by atoms with Crippen molar-refractivity contribution in [2.75, 3.05) is 6.61 Å². The predicted molar refractivity (Wildman–Crippen MR) is 37.3 cm³/mol. The standard InChI is InChI=1S/C7H13NO2/c8-7(10-4-3-9)5-6-1-2-6/h3,6-7H,1-2,4-5,8H2. The summed E-state index contributed by atoms with van der Waals surface area (Å²) < 4.78 is 4.95.